The average Bonchev–Trinajstić information content (AvgIpc) is 2.28. The third-order valence-electron chi connectivity index (χ3n) is 3.02. The van der Waals surface area contributed by atoms with E-state index in [1.807, 2.05) is 25.1 Å². The molecule has 0 bridgehead atoms. The van der Waals surface area contributed by atoms with Crippen molar-refractivity contribution in [3.05, 3.63) is 23.8 Å². The quantitative estimate of drug-likeness (QED) is 0.862. The second kappa shape index (κ2) is 4.64. The number of methoxy groups -OCH3 is 1. The molecule has 1 aromatic rings. The Bertz CT molecular complexity index is 447. The highest BCUT2D eigenvalue weighted by Crippen LogP contribution is 2.28. The maximum absolute atomic E-state index is 9.06. The third-order valence-corrected chi connectivity index (χ3v) is 3.02. The second-order valence-electron chi connectivity index (χ2n) is 4.42. The number of benzene rings is 1. The predicted octanol–water partition coefficient (Wildman–Crippen LogP) is 1.96. The molecule has 0 saturated carbocycles. The number of nitriles is 1. The predicted molar refractivity (Wildman–Crippen MR) is 65.1 cm³/mol. The summed E-state index contributed by atoms with van der Waals surface area (Å²) in [5.41, 5.74) is 1.73. The van der Waals surface area contributed by atoms with E-state index < -0.39 is 0 Å². The summed E-state index contributed by atoms with van der Waals surface area (Å²) in [6.45, 7) is 3.66. The lowest BCUT2D eigenvalue weighted by Gasteiger charge is -2.35. The fraction of sp³-hybridized carbons (Fsp3) is 0.462. The number of aryl methyl sites for hydroxylation is 1. The van der Waals surface area contributed by atoms with E-state index in [1.165, 1.54) is 0 Å². The lowest BCUT2D eigenvalue weighted by molar-refractivity contribution is -0.0690. The van der Waals surface area contributed by atoms with Crippen molar-refractivity contribution in [3.8, 4) is 11.8 Å². The van der Waals surface area contributed by atoms with Gasteiger partial charge in [0.25, 0.3) is 0 Å². The summed E-state index contributed by atoms with van der Waals surface area (Å²) in [6, 6.07) is 8.21. The van der Waals surface area contributed by atoms with Gasteiger partial charge in [0, 0.05) is 12.2 Å². The van der Waals surface area contributed by atoms with Gasteiger partial charge in [0.2, 0.25) is 0 Å². The van der Waals surface area contributed by atoms with E-state index >= 15 is 0 Å². The van der Waals surface area contributed by atoms with Crippen LogP contribution in [0.4, 0.5) is 5.69 Å². The minimum Gasteiger partial charge on any atom is -0.496 e. The Morgan fingerprint density at radius 2 is 2.29 bits per heavy atom. The maximum atomic E-state index is 9.06. The van der Waals surface area contributed by atoms with Crippen molar-refractivity contribution in [3.63, 3.8) is 0 Å². The summed E-state index contributed by atoms with van der Waals surface area (Å²) >= 11 is 0. The molecule has 17 heavy (non-hydrogen) atoms. The van der Waals surface area contributed by atoms with Crippen LogP contribution in [0.15, 0.2) is 18.2 Å². The van der Waals surface area contributed by atoms with Crippen molar-refractivity contribution in [1.82, 2.24) is 0 Å². The van der Waals surface area contributed by atoms with E-state index in [9.17, 15) is 0 Å². The summed E-state index contributed by atoms with van der Waals surface area (Å²) in [7, 11) is 1.66. The minimum atomic E-state index is -0.353. The number of hydrogen-bond donors (Lipinski definition) is 1. The van der Waals surface area contributed by atoms with Crippen LogP contribution in [0.25, 0.3) is 0 Å². The lowest BCUT2D eigenvalue weighted by atomic mass is 9.88. The fourth-order valence-corrected chi connectivity index (χ4v) is 1.81. The number of nitrogens with zero attached hydrogens (tertiary/aromatic N) is 1. The molecule has 90 valence electrons. The van der Waals surface area contributed by atoms with Gasteiger partial charge in [0.05, 0.1) is 26.4 Å². The molecule has 4 nitrogen and oxygen atoms in total. The Labute approximate surface area is 101 Å². The van der Waals surface area contributed by atoms with Gasteiger partial charge >= 0.3 is 0 Å². The summed E-state index contributed by atoms with van der Waals surface area (Å²) in [4.78, 5) is 0. The molecule has 1 saturated heterocycles. The van der Waals surface area contributed by atoms with Gasteiger partial charge in [0.15, 0.2) is 0 Å². The van der Waals surface area contributed by atoms with E-state index in [0.29, 0.717) is 19.8 Å². The highest BCUT2D eigenvalue weighted by atomic mass is 16.5. The van der Waals surface area contributed by atoms with Gasteiger partial charge in [-0.1, -0.05) is 0 Å². The minimum absolute atomic E-state index is 0.353. The topological polar surface area (TPSA) is 54.3 Å². The van der Waals surface area contributed by atoms with Crippen LogP contribution < -0.4 is 10.1 Å². The smallest absolute Gasteiger partial charge is 0.121 e. The van der Waals surface area contributed by atoms with Crippen molar-refractivity contribution in [2.45, 2.75) is 6.92 Å². The van der Waals surface area contributed by atoms with Crippen LogP contribution in [-0.4, -0.2) is 26.9 Å². The molecule has 0 aliphatic carbocycles. The van der Waals surface area contributed by atoms with Crippen LogP contribution in [0.3, 0.4) is 0 Å². The molecular formula is C13H16N2O2. The summed E-state index contributed by atoms with van der Waals surface area (Å²) in [5, 5.41) is 12.3. The molecule has 0 atom stereocenters. The highest BCUT2D eigenvalue weighted by molar-refractivity contribution is 5.51. The number of nitrogens with one attached hydrogen (secondary N) is 1. The zero-order valence-corrected chi connectivity index (χ0v) is 10.1. The first-order valence-corrected chi connectivity index (χ1v) is 5.57. The van der Waals surface area contributed by atoms with Gasteiger partial charge in [0.1, 0.15) is 11.2 Å². The SMILES string of the molecule is COc1ccc(NCC2(C#N)COC2)cc1C. The molecule has 0 aromatic heterocycles. The molecular weight excluding hydrogens is 216 g/mol. The largest absolute Gasteiger partial charge is 0.496 e. The van der Waals surface area contributed by atoms with Crippen LogP contribution in [-0.2, 0) is 4.74 Å². The van der Waals surface area contributed by atoms with E-state index in [4.69, 9.17) is 14.7 Å². The number of rotatable bonds is 4. The number of hydrogen-bond acceptors (Lipinski definition) is 4. The summed E-state index contributed by atoms with van der Waals surface area (Å²) in [6.07, 6.45) is 0. The Hall–Kier alpha value is -1.73. The molecule has 2 rings (SSSR count). The molecule has 1 heterocycles. The Morgan fingerprint density at radius 1 is 1.53 bits per heavy atom. The number of anilines is 1. The Kier molecular flexibility index (Phi) is 3.21. The first kappa shape index (κ1) is 11.7. The van der Waals surface area contributed by atoms with Crippen molar-refractivity contribution < 1.29 is 9.47 Å². The lowest BCUT2D eigenvalue weighted by Crippen LogP contribution is -2.46. The molecule has 1 aromatic carbocycles. The van der Waals surface area contributed by atoms with Gasteiger partial charge in [-0.15, -0.1) is 0 Å². The number of ether oxygens (including phenoxy) is 2. The third kappa shape index (κ3) is 2.34. The fourth-order valence-electron chi connectivity index (χ4n) is 1.81. The van der Waals surface area contributed by atoms with Gasteiger partial charge < -0.3 is 14.8 Å². The first-order valence-electron chi connectivity index (χ1n) is 5.57. The van der Waals surface area contributed by atoms with Crippen molar-refractivity contribution in [1.29, 1.82) is 5.26 Å². The van der Waals surface area contributed by atoms with E-state index in [-0.39, 0.29) is 5.41 Å². The zero-order valence-electron chi connectivity index (χ0n) is 10.1. The maximum Gasteiger partial charge on any atom is 0.121 e. The Balaban J connectivity index is 2.00. The van der Waals surface area contributed by atoms with Crippen LogP contribution >= 0.6 is 0 Å². The second-order valence-corrected chi connectivity index (χ2v) is 4.42. The molecule has 1 fully saturated rings. The molecule has 0 spiro atoms. The molecule has 0 unspecified atom stereocenters. The molecule has 4 heteroatoms. The standard InChI is InChI=1S/C13H16N2O2/c1-10-5-11(3-4-12(10)16-2)15-7-13(6-14)8-17-9-13/h3-5,15H,7-9H2,1-2H3. The van der Waals surface area contributed by atoms with Crippen LogP contribution in [0.2, 0.25) is 0 Å². The summed E-state index contributed by atoms with van der Waals surface area (Å²) in [5.74, 6) is 0.873. The summed E-state index contributed by atoms with van der Waals surface area (Å²) < 4.78 is 10.3. The monoisotopic (exact) mass is 232 g/mol. The van der Waals surface area contributed by atoms with Crippen molar-refractivity contribution in [2.75, 3.05) is 32.2 Å². The van der Waals surface area contributed by atoms with Crippen molar-refractivity contribution >= 4 is 5.69 Å². The Morgan fingerprint density at radius 3 is 2.76 bits per heavy atom. The van der Waals surface area contributed by atoms with Gasteiger partial charge in [-0.3, -0.25) is 0 Å². The van der Waals surface area contributed by atoms with E-state index in [0.717, 1.165) is 17.0 Å². The van der Waals surface area contributed by atoms with E-state index in [1.54, 1.807) is 7.11 Å². The van der Waals surface area contributed by atoms with Crippen LogP contribution in [0.5, 0.6) is 5.75 Å². The van der Waals surface area contributed by atoms with Gasteiger partial charge in [-0.2, -0.15) is 5.26 Å². The average molecular weight is 232 g/mol. The zero-order chi connectivity index (χ0) is 12.3. The molecule has 1 aliphatic heterocycles. The normalized spacial score (nSPS) is 16.8. The first-order chi connectivity index (χ1) is 8.19. The van der Waals surface area contributed by atoms with Gasteiger partial charge in [-0.25, -0.2) is 0 Å². The van der Waals surface area contributed by atoms with Crippen LogP contribution in [0, 0.1) is 23.7 Å². The van der Waals surface area contributed by atoms with Crippen LogP contribution in [0.1, 0.15) is 5.56 Å². The molecule has 1 aliphatic rings. The molecule has 0 amide bonds. The molecule has 0 radical (unpaired) electrons. The van der Waals surface area contributed by atoms with E-state index in [2.05, 4.69) is 11.4 Å². The molecule has 1 N–H and O–H groups in total. The van der Waals surface area contributed by atoms with Gasteiger partial charge in [-0.05, 0) is 30.7 Å². The highest BCUT2D eigenvalue weighted by Gasteiger charge is 2.38. The van der Waals surface area contributed by atoms with Crippen molar-refractivity contribution in [2.24, 2.45) is 5.41 Å².